The molecule has 0 unspecified atom stereocenters. The van der Waals surface area contributed by atoms with Gasteiger partial charge < -0.3 is 15.6 Å². The molecule has 0 atom stereocenters. The van der Waals surface area contributed by atoms with Crippen LogP contribution in [0.5, 0.6) is 0 Å². The van der Waals surface area contributed by atoms with Crippen molar-refractivity contribution in [2.75, 3.05) is 13.6 Å². The van der Waals surface area contributed by atoms with Crippen LogP contribution in [0.15, 0.2) is 46.9 Å². The van der Waals surface area contributed by atoms with E-state index in [1.807, 2.05) is 18.3 Å². The third-order valence-electron chi connectivity index (χ3n) is 3.65. The van der Waals surface area contributed by atoms with Gasteiger partial charge in [-0.2, -0.15) is 0 Å². The Bertz CT molecular complexity index is 792. The fraction of sp³-hybridized carbons (Fsp3) is 0.235. The number of aromatic nitrogens is 1. The van der Waals surface area contributed by atoms with Crippen molar-refractivity contribution in [3.63, 3.8) is 0 Å². The Morgan fingerprint density at radius 1 is 1.30 bits per heavy atom. The maximum absolute atomic E-state index is 13.2. The number of thiophene rings is 1. The van der Waals surface area contributed by atoms with Crippen LogP contribution in [-0.4, -0.2) is 24.5 Å². The fourth-order valence-corrected chi connectivity index (χ4v) is 3.13. The summed E-state index contributed by atoms with van der Waals surface area (Å²) in [5, 5.41) is 9.72. The van der Waals surface area contributed by atoms with E-state index < -0.39 is 0 Å². The van der Waals surface area contributed by atoms with E-state index in [1.165, 1.54) is 22.6 Å². The number of aromatic amines is 1. The zero-order chi connectivity index (χ0) is 16.1. The molecule has 0 spiro atoms. The summed E-state index contributed by atoms with van der Waals surface area (Å²) < 4.78 is 13.2. The number of hydrogen-bond acceptors (Lipinski definition) is 2. The number of fused-ring (bicyclic) bond motifs is 1. The number of nitrogens with zero attached hydrogens (tertiary/aromatic N) is 1. The van der Waals surface area contributed by atoms with Crippen LogP contribution in [-0.2, 0) is 13.0 Å². The summed E-state index contributed by atoms with van der Waals surface area (Å²) in [4.78, 5) is 8.60. The minimum atomic E-state index is -0.220. The van der Waals surface area contributed by atoms with Gasteiger partial charge in [0.2, 0.25) is 0 Å². The zero-order valence-electron chi connectivity index (χ0n) is 12.9. The molecule has 0 aliphatic rings. The van der Waals surface area contributed by atoms with E-state index in [0.29, 0.717) is 0 Å². The van der Waals surface area contributed by atoms with Crippen molar-refractivity contribution in [3.8, 4) is 0 Å². The van der Waals surface area contributed by atoms with Gasteiger partial charge in [0.15, 0.2) is 5.96 Å². The van der Waals surface area contributed by atoms with Crippen LogP contribution in [0.1, 0.15) is 10.4 Å². The van der Waals surface area contributed by atoms with Crippen LogP contribution < -0.4 is 10.6 Å². The van der Waals surface area contributed by atoms with Gasteiger partial charge in [-0.25, -0.2) is 4.39 Å². The molecule has 0 saturated carbocycles. The smallest absolute Gasteiger partial charge is 0.191 e. The maximum Gasteiger partial charge on any atom is 0.191 e. The van der Waals surface area contributed by atoms with Crippen molar-refractivity contribution in [3.05, 3.63) is 58.2 Å². The molecule has 4 nitrogen and oxygen atoms in total. The molecule has 0 fully saturated rings. The van der Waals surface area contributed by atoms with Crippen molar-refractivity contribution in [1.29, 1.82) is 0 Å². The molecule has 2 aromatic heterocycles. The average Bonchev–Trinajstić information content (AvgIpc) is 3.20. The molecule has 2 heterocycles. The van der Waals surface area contributed by atoms with E-state index in [9.17, 15) is 4.39 Å². The number of rotatable bonds is 5. The zero-order valence-corrected chi connectivity index (χ0v) is 13.7. The molecule has 6 heteroatoms. The Morgan fingerprint density at radius 2 is 2.22 bits per heavy atom. The Kier molecular flexibility index (Phi) is 4.92. The lowest BCUT2D eigenvalue weighted by Gasteiger charge is -2.10. The number of aliphatic imine (C=N–C) groups is 1. The summed E-state index contributed by atoms with van der Waals surface area (Å²) in [7, 11) is 1.76. The molecule has 0 radical (unpaired) electrons. The first-order chi connectivity index (χ1) is 11.3. The molecule has 0 aliphatic carbocycles. The molecule has 0 amide bonds. The lowest BCUT2D eigenvalue weighted by molar-refractivity contribution is 0.629. The monoisotopic (exact) mass is 330 g/mol. The van der Waals surface area contributed by atoms with Crippen molar-refractivity contribution >= 4 is 28.2 Å². The number of nitrogens with one attached hydrogen (secondary N) is 3. The molecular weight excluding hydrogens is 311 g/mol. The van der Waals surface area contributed by atoms with Crippen molar-refractivity contribution in [2.45, 2.75) is 13.0 Å². The predicted molar refractivity (Wildman–Crippen MR) is 94.5 cm³/mol. The number of guanidine groups is 1. The maximum atomic E-state index is 13.2. The second-order valence-corrected chi connectivity index (χ2v) is 6.22. The number of halogens is 1. The Morgan fingerprint density at radius 3 is 3.00 bits per heavy atom. The van der Waals surface area contributed by atoms with Gasteiger partial charge in [-0.3, -0.25) is 4.99 Å². The number of H-pyrrole nitrogens is 1. The van der Waals surface area contributed by atoms with E-state index in [2.05, 4.69) is 32.1 Å². The van der Waals surface area contributed by atoms with Crippen molar-refractivity contribution in [1.82, 2.24) is 15.6 Å². The first kappa shape index (κ1) is 15.6. The van der Waals surface area contributed by atoms with E-state index in [0.717, 1.165) is 36.4 Å². The molecule has 3 N–H and O–H groups in total. The van der Waals surface area contributed by atoms with Crippen LogP contribution in [0, 0.1) is 5.82 Å². The minimum absolute atomic E-state index is 0.220. The number of hydrogen-bond donors (Lipinski definition) is 3. The van der Waals surface area contributed by atoms with Gasteiger partial charge in [0, 0.05) is 35.6 Å². The van der Waals surface area contributed by atoms with Gasteiger partial charge in [0.25, 0.3) is 0 Å². The van der Waals surface area contributed by atoms with E-state index in [-0.39, 0.29) is 5.82 Å². The standard InChI is InChI=1S/C17H19FN4S/c1-19-17(22-11-14-3-2-8-23-14)20-7-6-12-10-21-16-9-13(18)4-5-15(12)16/h2-5,8-10,21H,6-7,11H2,1H3,(H2,19,20,22). The quantitative estimate of drug-likeness (QED) is 0.497. The fourth-order valence-electron chi connectivity index (χ4n) is 2.49. The summed E-state index contributed by atoms with van der Waals surface area (Å²) in [6, 6.07) is 8.97. The molecule has 3 aromatic rings. The molecule has 3 rings (SSSR count). The highest BCUT2D eigenvalue weighted by molar-refractivity contribution is 7.09. The van der Waals surface area contributed by atoms with Crippen molar-refractivity contribution < 1.29 is 4.39 Å². The van der Waals surface area contributed by atoms with Crippen LogP contribution in [0.3, 0.4) is 0 Å². The highest BCUT2D eigenvalue weighted by Crippen LogP contribution is 2.19. The SMILES string of the molecule is CN=C(NCCc1c[nH]c2cc(F)ccc12)NCc1cccs1. The summed E-state index contributed by atoms with van der Waals surface area (Å²) in [5.41, 5.74) is 2.00. The number of benzene rings is 1. The second kappa shape index (κ2) is 7.28. The molecule has 0 saturated heterocycles. The van der Waals surface area contributed by atoms with Crippen LogP contribution >= 0.6 is 11.3 Å². The average molecular weight is 330 g/mol. The van der Waals surface area contributed by atoms with Gasteiger partial charge in [-0.05, 0) is 41.6 Å². The summed E-state index contributed by atoms with van der Waals surface area (Å²) in [6.07, 6.45) is 2.78. The summed E-state index contributed by atoms with van der Waals surface area (Å²) in [6.45, 7) is 1.53. The molecule has 1 aromatic carbocycles. The largest absolute Gasteiger partial charge is 0.361 e. The Balaban J connectivity index is 1.53. The third-order valence-corrected chi connectivity index (χ3v) is 4.53. The van der Waals surface area contributed by atoms with Crippen LogP contribution in [0.2, 0.25) is 0 Å². The van der Waals surface area contributed by atoms with Gasteiger partial charge in [0.05, 0.1) is 6.54 Å². The second-order valence-electron chi connectivity index (χ2n) is 5.19. The van der Waals surface area contributed by atoms with Gasteiger partial charge in [-0.15, -0.1) is 11.3 Å². The normalized spacial score (nSPS) is 11.8. The first-order valence-corrected chi connectivity index (χ1v) is 8.36. The lowest BCUT2D eigenvalue weighted by atomic mass is 10.1. The van der Waals surface area contributed by atoms with Crippen LogP contribution in [0.25, 0.3) is 10.9 Å². The topological polar surface area (TPSA) is 52.2 Å². The minimum Gasteiger partial charge on any atom is -0.361 e. The molecule has 0 bridgehead atoms. The third kappa shape index (κ3) is 3.90. The molecule has 23 heavy (non-hydrogen) atoms. The summed E-state index contributed by atoms with van der Waals surface area (Å²) in [5.74, 6) is 0.562. The van der Waals surface area contributed by atoms with Gasteiger partial charge >= 0.3 is 0 Å². The highest BCUT2D eigenvalue weighted by Gasteiger charge is 2.05. The molecule has 0 aliphatic heterocycles. The molecular formula is C17H19FN4S. The Hall–Kier alpha value is -2.34. The predicted octanol–water partition coefficient (Wildman–Crippen LogP) is 3.28. The lowest BCUT2D eigenvalue weighted by Crippen LogP contribution is -2.37. The van der Waals surface area contributed by atoms with Gasteiger partial charge in [-0.1, -0.05) is 6.07 Å². The van der Waals surface area contributed by atoms with E-state index in [4.69, 9.17) is 0 Å². The van der Waals surface area contributed by atoms with E-state index >= 15 is 0 Å². The van der Waals surface area contributed by atoms with E-state index in [1.54, 1.807) is 18.4 Å². The Labute approximate surface area is 138 Å². The summed E-state index contributed by atoms with van der Waals surface area (Å²) >= 11 is 1.72. The van der Waals surface area contributed by atoms with Gasteiger partial charge in [0.1, 0.15) is 5.82 Å². The van der Waals surface area contributed by atoms with Crippen LogP contribution in [0.4, 0.5) is 4.39 Å². The molecule has 120 valence electrons. The van der Waals surface area contributed by atoms with Crippen molar-refractivity contribution in [2.24, 2.45) is 4.99 Å². The first-order valence-electron chi connectivity index (χ1n) is 7.48. The highest BCUT2D eigenvalue weighted by atomic mass is 32.1.